The molecule has 2 heterocycles. The van der Waals surface area contributed by atoms with E-state index < -0.39 is 0 Å². The summed E-state index contributed by atoms with van der Waals surface area (Å²) in [5, 5.41) is 0. The first-order valence-corrected chi connectivity index (χ1v) is 4.17. The SMILES string of the molecule is CC1(C)OC2CC(O1)C1OC21. The molecule has 3 rings (SSSR count). The third-order valence-electron chi connectivity index (χ3n) is 2.63. The molecule has 0 N–H and O–H groups in total. The molecule has 11 heavy (non-hydrogen) atoms. The van der Waals surface area contributed by atoms with Crippen LogP contribution in [0.1, 0.15) is 20.3 Å². The van der Waals surface area contributed by atoms with E-state index >= 15 is 0 Å². The third kappa shape index (κ3) is 0.789. The van der Waals surface area contributed by atoms with Crippen molar-refractivity contribution in [2.45, 2.75) is 50.5 Å². The summed E-state index contributed by atoms with van der Waals surface area (Å²) in [6.07, 6.45) is 2.32. The van der Waals surface area contributed by atoms with Crippen LogP contribution in [-0.4, -0.2) is 30.2 Å². The molecule has 3 aliphatic rings. The summed E-state index contributed by atoms with van der Waals surface area (Å²) < 4.78 is 16.7. The molecular weight excluding hydrogens is 144 g/mol. The fraction of sp³-hybridized carbons (Fsp3) is 1.00. The standard InChI is InChI=1S/C8H12O3/c1-8(2)10-4-3-5(11-8)7-6(4)9-7/h4-7H,3H2,1-2H3. The molecule has 3 fully saturated rings. The average Bonchev–Trinajstić information content (AvgIpc) is 2.55. The molecule has 0 spiro atoms. The Bertz CT molecular complexity index is 184. The van der Waals surface area contributed by atoms with Gasteiger partial charge in [-0.1, -0.05) is 0 Å². The van der Waals surface area contributed by atoms with E-state index in [0.717, 1.165) is 6.42 Å². The molecule has 0 aromatic heterocycles. The van der Waals surface area contributed by atoms with Gasteiger partial charge in [-0.05, 0) is 13.8 Å². The van der Waals surface area contributed by atoms with Gasteiger partial charge >= 0.3 is 0 Å². The van der Waals surface area contributed by atoms with Crippen molar-refractivity contribution in [3.05, 3.63) is 0 Å². The highest BCUT2D eigenvalue weighted by atomic mass is 16.8. The lowest BCUT2D eigenvalue weighted by Crippen LogP contribution is -2.43. The summed E-state index contributed by atoms with van der Waals surface area (Å²) in [6, 6.07) is 0. The molecular formula is C8H12O3. The molecule has 3 heteroatoms. The van der Waals surface area contributed by atoms with Gasteiger partial charge in [0, 0.05) is 6.42 Å². The van der Waals surface area contributed by atoms with E-state index in [0.29, 0.717) is 24.4 Å². The molecule has 4 unspecified atom stereocenters. The summed E-state index contributed by atoms with van der Waals surface area (Å²) >= 11 is 0. The predicted octanol–water partition coefficient (Wildman–Crippen LogP) is 0.678. The van der Waals surface area contributed by atoms with Gasteiger partial charge < -0.3 is 14.2 Å². The molecule has 1 aliphatic carbocycles. The van der Waals surface area contributed by atoms with Gasteiger partial charge in [-0.25, -0.2) is 0 Å². The Hall–Kier alpha value is -0.120. The molecule has 2 bridgehead atoms. The molecule has 2 saturated heterocycles. The van der Waals surface area contributed by atoms with Crippen LogP contribution in [0.3, 0.4) is 0 Å². The number of ether oxygens (including phenoxy) is 3. The minimum absolute atomic E-state index is 0.300. The van der Waals surface area contributed by atoms with Crippen molar-refractivity contribution in [1.29, 1.82) is 0 Å². The first-order chi connectivity index (χ1) is 5.16. The lowest BCUT2D eigenvalue weighted by Gasteiger charge is -2.36. The van der Waals surface area contributed by atoms with E-state index in [1.807, 2.05) is 13.8 Å². The molecule has 0 radical (unpaired) electrons. The lowest BCUT2D eigenvalue weighted by molar-refractivity contribution is -0.296. The number of fused-ring (bicyclic) bond motifs is 5. The van der Waals surface area contributed by atoms with Crippen molar-refractivity contribution < 1.29 is 14.2 Å². The fourth-order valence-electron chi connectivity index (χ4n) is 2.22. The van der Waals surface area contributed by atoms with Crippen LogP contribution in [0, 0.1) is 0 Å². The predicted molar refractivity (Wildman–Crippen MR) is 37.1 cm³/mol. The van der Waals surface area contributed by atoms with E-state index in [2.05, 4.69) is 0 Å². The van der Waals surface area contributed by atoms with Gasteiger partial charge in [0.2, 0.25) is 0 Å². The van der Waals surface area contributed by atoms with Gasteiger partial charge in [0.15, 0.2) is 5.79 Å². The van der Waals surface area contributed by atoms with Crippen molar-refractivity contribution in [2.24, 2.45) is 0 Å². The van der Waals surface area contributed by atoms with Gasteiger partial charge in [0.1, 0.15) is 12.2 Å². The summed E-state index contributed by atoms with van der Waals surface area (Å²) in [5.41, 5.74) is 0. The van der Waals surface area contributed by atoms with Gasteiger partial charge in [0.05, 0.1) is 12.2 Å². The molecule has 4 atom stereocenters. The van der Waals surface area contributed by atoms with Crippen molar-refractivity contribution in [3.8, 4) is 0 Å². The smallest absolute Gasteiger partial charge is 0.163 e. The van der Waals surface area contributed by atoms with Crippen LogP contribution in [0.5, 0.6) is 0 Å². The van der Waals surface area contributed by atoms with Gasteiger partial charge in [-0.15, -0.1) is 0 Å². The molecule has 0 aromatic carbocycles. The normalized spacial score (nSPS) is 57.3. The molecule has 2 aliphatic heterocycles. The minimum atomic E-state index is -0.385. The fourth-order valence-corrected chi connectivity index (χ4v) is 2.22. The maximum atomic E-state index is 5.67. The van der Waals surface area contributed by atoms with Crippen molar-refractivity contribution >= 4 is 0 Å². The minimum Gasteiger partial charge on any atom is -0.364 e. The Labute approximate surface area is 65.6 Å². The highest BCUT2D eigenvalue weighted by molar-refractivity contribution is 5.08. The summed E-state index contributed by atoms with van der Waals surface area (Å²) in [6.45, 7) is 3.94. The van der Waals surface area contributed by atoms with E-state index in [4.69, 9.17) is 14.2 Å². The van der Waals surface area contributed by atoms with Gasteiger partial charge in [-0.2, -0.15) is 0 Å². The second-order valence-corrected chi connectivity index (χ2v) is 4.01. The molecule has 1 saturated carbocycles. The number of epoxide rings is 1. The van der Waals surface area contributed by atoms with Crippen LogP contribution in [0.4, 0.5) is 0 Å². The van der Waals surface area contributed by atoms with E-state index in [1.165, 1.54) is 0 Å². The zero-order valence-corrected chi connectivity index (χ0v) is 6.74. The molecule has 3 nitrogen and oxygen atoms in total. The van der Waals surface area contributed by atoms with Crippen LogP contribution in [0.15, 0.2) is 0 Å². The zero-order valence-electron chi connectivity index (χ0n) is 6.74. The Kier molecular flexibility index (Phi) is 0.947. The number of hydrogen-bond donors (Lipinski definition) is 0. The van der Waals surface area contributed by atoms with Gasteiger partial charge in [-0.3, -0.25) is 0 Å². The maximum absolute atomic E-state index is 5.67. The van der Waals surface area contributed by atoms with Crippen LogP contribution >= 0.6 is 0 Å². The Morgan fingerprint density at radius 1 is 1.09 bits per heavy atom. The molecule has 0 aromatic rings. The monoisotopic (exact) mass is 156 g/mol. The van der Waals surface area contributed by atoms with Crippen LogP contribution < -0.4 is 0 Å². The average molecular weight is 156 g/mol. The lowest BCUT2D eigenvalue weighted by atomic mass is 10.2. The topological polar surface area (TPSA) is 31.0 Å². The first kappa shape index (κ1) is 6.40. The van der Waals surface area contributed by atoms with Gasteiger partial charge in [0.25, 0.3) is 0 Å². The van der Waals surface area contributed by atoms with Crippen molar-refractivity contribution in [1.82, 2.24) is 0 Å². The second-order valence-electron chi connectivity index (χ2n) is 4.01. The van der Waals surface area contributed by atoms with Crippen molar-refractivity contribution in [3.63, 3.8) is 0 Å². The Morgan fingerprint density at radius 3 is 2.18 bits per heavy atom. The highest BCUT2D eigenvalue weighted by Crippen LogP contribution is 2.48. The summed E-state index contributed by atoms with van der Waals surface area (Å²) in [7, 11) is 0. The van der Waals surface area contributed by atoms with Crippen LogP contribution in [0.25, 0.3) is 0 Å². The maximum Gasteiger partial charge on any atom is 0.163 e. The van der Waals surface area contributed by atoms with E-state index in [1.54, 1.807) is 0 Å². The first-order valence-electron chi connectivity index (χ1n) is 4.17. The van der Waals surface area contributed by atoms with Crippen molar-refractivity contribution in [2.75, 3.05) is 0 Å². The largest absolute Gasteiger partial charge is 0.364 e. The highest BCUT2D eigenvalue weighted by Gasteiger charge is 2.62. The summed E-state index contributed by atoms with van der Waals surface area (Å²) in [4.78, 5) is 0. The second kappa shape index (κ2) is 1.63. The van der Waals surface area contributed by atoms with Crippen LogP contribution in [-0.2, 0) is 14.2 Å². The number of hydrogen-bond acceptors (Lipinski definition) is 3. The number of rotatable bonds is 0. The Balaban J connectivity index is 1.88. The third-order valence-corrected chi connectivity index (χ3v) is 2.63. The molecule has 62 valence electrons. The van der Waals surface area contributed by atoms with E-state index in [9.17, 15) is 0 Å². The summed E-state index contributed by atoms with van der Waals surface area (Å²) in [5.74, 6) is -0.385. The molecule has 0 amide bonds. The van der Waals surface area contributed by atoms with E-state index in [-0.39, 0.29) is 5.79 Å². The quantitative estimate of drug-likeness (QED) is 0.483. The zero-order chi connectivity index (χ0) is 7.64. The Morgan fingerprint density at radius 2 is 1.64 bits per heavy atom. The van der Waals surface area contributed by atoms with Crippen LogP contribution in [0.2, 0.25) is 0 Å².